The Balaban J connectivity index is 3.39. The number of Topliss-reactive ketones (excluding diaryl/α,β-unsaturated/α-hetero) is 1. The average Bonchev–Trinajstić information content (AvgIpc) is 2.25. The second kappa shape index (κ2) is 4.70. The summed E-state index contributed by atoms with van der Waals surface area (Å²) in [7, 11) is 0. The second-order valence-electron chi connectivity index (χ2n) is 3.04. The van der Waals surface area contributed by atoms with E-state index in [9.17, 15) is 28.1 Å². The molecule has 0 heterocycles. The molecule has 0 atom stereocenters. The number of hydrogen-bond donors (Lipinski definition) is 0. The molecule has 17 heavy (non-hydrogen) atoms. The summed E-state index contributed by atoms with van der Waals surface area (Å²) in [6, 6.07) is 1.62. The minimum absolute atomic E-state index is 0.433. The first kappa shape index (κ1) is 13.4. The number of carbonyl (C=O) groups excluding carboxylic acids is 1. The quantitative estimate of drug-likeness (QED) is 0.366. The van der Waals surface area contributed by atoms with Crippen molar-refractivity contribution in [3.63, 3.8) is 0 Å². The number of carbonyl (C=O) groups is 1. The van der Waals surface area contributed by atoms with Gasteiger partial charge in [0.2, 0.25) is 0 Å². The third kappa shape index (κ3) is 2.94. The Morgan fingerprint density at radius 1 is 1.41 bits per heavy atom. The Kier molecular flexibility index (Phi) is 3.72. The molecule has 0 saturated heterocycles. The molecule has 8 heteroatoms. The molecule has 4 nitrogen and oxygen atoms in total. The number of nitrogens with zero attached hydrogens (tertiary/aromatic N) is 1. The van der Waals surface area contributed by atoms with Gasteiger partial charge in [0.05, 0.1) is 21.9 Å². The first-order valence-corrected chi connectivity index (χ1v) is 4.75. The van der Waals surface area contributed by atoms with Crippen molar-refractivity contribution in [2.75, 3.05) is 5.88 Å². The lowest BCUT2D eigenvalue weighted by atomic mass is 10.1. The highest BCUT2D eigenvalue weighted by Crippen LogP contribution is 2.32. The molecule has 0 spiro atoms. The third-order valence-corrected chi connectivity index (χ3v) is 2.19. The molecule has 92 valence electrons. The number of halogens is 4. The molecule has 0 N–H and O–H groups in total. The Hall–Kier alpha value is -1.63. The number of nitro benzene ring substituents is 1. The van der Waals surface area contributed by atoms with Crippen LogP contribution in [-0.2, 0) is 6.18 Å². The molecule has 0 aliphatic rings. The van der Waals surface area contributed by atoms with Gasteiger partial charge in [-0.1, -0.05) is 0 Å². The summed E-state index contributed by atoms with van der Waals surface area (Å²) in [5.41, 5.74) is -2.46. The van der Waals surface area contributed by atoms with E-state index in [1.165, 1.54) is 0 Å². The Morgan fingerprint density at radius 2 is 2.00 bits per heavy atom. The van der Waals surface area contributed by atoms with Gasteiger partial charge in [0.25, 0.3) is 5.69 Å². The van der Waals surface area contributed by atoms with Gasteiger partial charge in [0, 0.05) is 6.07 Å². The molecule has 1 aromatic rings. The zero-order valence-corrected chi connectivity index (χ0v) is 8.88. The summed E-state index contributed by atoms with van der Waals surface area (Å²) in [4.78, 5) is 20.8. The maximum atomic E-state index is 12.4. The summed E-state index contributed by atoms with van der Waals surface area (Å²) < 4.78 is 37.1. The summed E-state index contributed by atoms with van der Waals surface area (Å²) in [6.07, 6.45) is -4.67. The van der Waals surface area contributed by atoms with Crippen LogP contribution in [0.2, 0.25) is 0 Å². The average molecular weight is 268 g/mol. The predicted molar refractivity (Wildman–Crippen MR) is 53.1 cm³/mol. The monoisotopic (exact) mass is 267 g/mol. The van der Waals surface area contributed by atoms with E-state index in [4.69, 9.17) is 11.6 Å². The smallest absolute Gasteiger partial charge is 0.293 e. The SMILES string of the molecule is O=C(CCl)c1cc(C(F)(F)F)ccc1[N+](=O)[O-]. The molecule has 0 bridgehead atoms. The van der Waals surface area contributed by atoms with Crippen molar-refractivity contribution in [2.45, 2.75) is 6.18 Å². The number of benzene rings is 1. The molecule has 0 radical (unpaired) electrons. The lowest BCUT2D eigenvalue weighted by Gasteiger charge is -2.08. The van der Waals surface area contributed by atoms with Gasteiger partial charge in [-0.25, -0.2) is 0 Å². The van der Waals surface area contributed by atoms with Crippen LogP contribution < -0.4 is 0 Å². The van der Waals surface area contributed by atoms with Crippen molar-refractivity contribution in [2.24, 2.45) is 0 Å². The van der Waals surface area contributed by atoms with Crippen LogP contribution in [0, 0.1) is 10.1 Å². The molecule has 0 aromatic heterocycles. The number of hydrogen-bond acceptors (Lipinski definition) is 3. The maximum Gasteiger partial charge on any atom is 0.416 e. The topological polar surface area (TPSA) is 60.2 Å². The number of nitro groups is 1. The predicted octanol–water partition coefficient (Wildman–Crippen LogP) is 3.04. The summed E-state index contributed by atoms with van der Waals surface area (Å²) in [6.45, 7) is 0. The molecule has 0 aliphatic heterocycles. The van der Waals surface area contributed by atoms with E-state index in [1.54, 1.807) is 0 Å². The largest absolute Gasteiger partial charge is 0.416 e. The van der Waals surface area contributed by atoms with E-state index in [0.717, 1.165) is 0 Å². The molecule has 0 saturated carbocycles. The van der Waals surface area contributed by atoms with Crippen molar-refractivity contribution in [3.05, 3.63) is 39.4 Å². The van der Waals surface area contributed by atoms with Crippen molar-refractivity contribution >= 4 is 23.1 Å². The van der Waals surface area contributed by atoms with Crippen LogP contribution in [-0.4, -0.2) is 16.6 Å². The van der Waals surface area contributed by atoms with E-state index in [2.05, 4.69) is 0 Å². The minimum Gasteiger partial charge on any atom is -0.293 e. The highest BCUT2D eigenvalue weighted by molar-refractivity contribution is 6.31. The second-order valence-corrected chi connectivity index (χ2v) is 3.31. The van der Waals surface area contributed by atoms with E-state index < -0.39 is 39.6 Å². The van der Waals surface area contributed by atoms with Gasteiger partial charge in [-0.15, -0.1) is 11.6 Å². The van der Waals surface area contributed by atoms with Crippen molar-refractivity contribution < 1.29 is 22.9 Å². The van der Waals surface area contributed by atoms with E-state index in [0.29, 0.717) is 18.2 Å². The first-order chi connectivity index (χ1) is 7.77. The van der Waals surface area contributed by atoms with Gasteiger partial charge in [-0.05, 0) is 12.1 Å². The summed E-state index contributed by atoms with van der Waals surface area (Å²) in [5, 5.41) is 10.5. The molecule has 1 aromatic carbocycles. The zero-order chi connectivity index (χ0) is 13.2. The molecular weight excluding hydrogens is 263 g/mol. The molecular formula is C9H5ClF3NO3. The van der Waals surface area contributed by atoms with E-state index in [-0.39, 0.29) is 0 Å². The molecule has 0 amide bonds. The fourth-order valence-electron chi connectivity index (χ4n) is 1.17. The standard InChI is InChI=1S/C9H5ClF3NO3/c10-4-8(15)6-3-5(9(11,12)13)1-2-7(6)14(16)17/h1-3H,4H2. The first-order valence-electron chi connectivity index (χ1n) is 4.22. The molecule has 0 fully saturated rings. The number of rotatable bonds is 3. The van der Waals surface area contributed by atoms with Crippen LogP contribution >= 0.6 is 11.6 Å². The number of alkyl halides is 4. The van der Waals surface area contributed by atoms with Crippen LogP contribution in [0.3, 0.4) is 0 Å². The molecule has 1 rings (SSSR count). The lowest BCUT2D eigenvalue weighted by molar-refractivity contribution is -0.385. The van der Waals surface area contributed by atoms with Crippen LogP contribution in [0.15, 0.2) is 18.2 Å². The minimum atomic E-state index is -4.67. The Morgan fingerprint density at radius 3 is 2.41 bits per heavy atom. The lowest BCUT2D eigenvalue weighted by Crippen LogP contribution is -2.10. The molecule has 0 unspecified atom stereocenters. The Labute approximate surface area is 98.1 Å². The van der Waals surface area contributed by atoms with E-state index >= 15 is 0 Å². The van der Waals surface area contributed by atoms with Crippen LogP contribution in [0.1, 0.15) is 15.9 Å². The van der Waals surface area contributed by atoms with Crippen molar-refractivity contribution in [3.8, 4) is 0 Å². The molecule has 0 aliphatic carbocycles. The van der Waals surface area contributed by atoms with Gasteiger partial charge in [-0.2, -0.15) is 13.2 Å². The van der Waals surface area contributed by atoms with Gasteiger partial charge >= 0.3 is 6.18 Å². The van der Waals surface area contributed by atoms with Gasteiger partial charge in [0.1, 0.15) is 0 Å². The van der Waals surface area contributed by atoms with Crippen molar-refractivity contribution in [1.82, 2.24) is 0 Å². The van der Waals surface area contributed by atoms with Gasteiger partial charge in [0.15, 0.2) is 5.78 Å². The third-order valence-electron chi connectivity index (χ3n) is 1.94. The van der Waals surface area contributed by atoms with Crippen molar-refractivity contribution in [1.29, 1.82) is 0 Å². The highest BCUT2D eigenvalue weighted by atomic mass is 35.5. The summed E-state index contributed by atoms with van der Waals surface area (Å²) >= 11 is 5.18. The summed E-state index contributed by atoms with van der Waals surface area (Å²) in [5.74, 6) is -1.55. The van der Waals surface area contributed by atoms with Crippen LogP contribution in [0.4, 0.5) is 18.9 Å². The zero-order valence-electron chi connectivity index (χ0n) is 8.12. The van der Waals surface area contributed by atoms with E-state index in [1.807, 2.05) is 0 Å². The van der Waals surface area contributed by atoms with Crippen LogP contribution in [0.5, 0.6) is 0 Å². The normalized spacial score (nSPS) is 11.3. The van der Waals surface area contributed by atoms with Crippen LogP contribution in [0.25, 0.3) is 0 Å². The van der Waals surface area contributed by atoms with Gasteiger partial charge < -0.3 is 0 Å². The fraction of sp³-hybridized carbons (Fsp3) is 0.222. The fourth-order valence-corrected chi connectivity index (χ4v) is 1.31. The Bertz CT molecular complexity index is 473. The number of ketones is 1. The van der Waals surface area contributed by atoms with Gasteiger partial charge in [-0.3, -0.25) is 14.9 Å². The highest BCUT2D eigenvalue weighted by Gasteiger charge is 2.33. The maximum absolute atomic E-state index is 12.4.